The summed E-state index contributed by atoms with van der Waals surface area (Å²) in [5, 5.41) is 7.47. The van der Waals surface area contributed by atoms with Gasteiger partial charge in [-0.25, -0.2) is 8.42 Å². The lowest BCUT2D eigenvalue weighted by Gasteiger charge is -2.38. The van der Waals surface area contributed by atoms with Crippen molar-refractivity contribution in [1.29, 1.82) is 0 Å². The van der Waals surface area contributed by atoms with Crippen LogP contribution in [0.3, 0.4) is 0 Å². The van der Waals surface area contributed by atoms with Crippen molar-refractivity contribution in [2.45, 2.75) is 46.4 Å². The second-order valence-electron chi connectivity index (χ2n) is 10.1. The van der Waals surface area contributed by atoms with Crippen molar-refractivity contribution in [1.82, 2.24) is 20.1 Å². The number of benzene rings is 1. The van der Waals surface area contributed by atoms with Crippen molar-refractivity contribution in [2.75, 3.05) is 11.5 Å². The van der Waals surface area contributed by atoms with Crippen molar-refractivity contribution < 1.29 is 26.7 Å². The maximum Gasteiger partial charge on any atom is 0.387 e. The molecule has 0 unspecified atom stereocenters. The molecule has 3 aromatic rings. The molecular weight excluding hydrogens is 466 g/mol. The first-order valence-electron chi connectivity index (χ1n) is 10.7. The van der Waals surface area contributed by atoms with Crippen molar-refractivity contribution in [3.63, 3.8) is 0 Å². The average molecular weight is 493 g/mol. The third kappa shape index (κ3) is 5.19. The molecule has 1 aliphatic heterocycles. The number of nitrogens with one attached hydrogen (secondary N) is 1. The lowest BCUT2D eigenvalue weighted by Crippen LogP contribution is -2.63. The molecule has 0 spiro atoms. The van der Waals surface area contributed by atoms with E-state index in [4.69, 9.17) is 0 Å². The number of fused-ring (bicyclic) bond motifs is 1. The number of rotatable bonds is 6. The van der Waals surface area contributed by atoms with Crippen LogP contribution in [0.15, 0.2) is 36.5 Å². The molecule has 1 aliphatic rings. The van der Waals surface area contributed by atoms with E-state index in [1.165, 1.54) is 18.3 Å². The van der Waals surface area contributed by atoms with E-state index >= 15 is 0 Å². The fraction of sp³-hybridized carbons (Fsp3) is 0.435. The van der Waals surface area contributed by atoms with E-state index in [0.717, 1.165) is 0 Å². The van der Waals surface area contributed by atoms with Crippen molar-refractivity contribution in [3.8, 4) is 17.0 Å². The third-order valence-corrected chi connectivity index (χ3v) is 7.46. The maximum atomic E-state index is 12.9. The third-order valence-electron chi connectivity index (χ3n) is 5.30. The Morgan fingerprint density at radius 1 is 1.26 bits per heavy atom. The van der Waals surface area contributed by atoms with Crippen molar-refractivity contribution >= 4 is 26.8 Å². The Bertz CT molecular complexity index is 1350. The minimum atomic E-state index is -3.12. The number of hydrogen-bond donors (Lipinski definition) is 1. The normalized spacial score (nSPS) is 16.9. The van der Waals surface area contributed by atoms with Crippen LogP contribution in [0.4, 0.5) is 8.78 Å². The number of amides is 1. The number of ether oxygens (including phenoxy) is 1. The molecule has 34 heavy (non-hydrogen) atoms. The molecule has 0 radical (unpaired) electrons. The van der Waals surface area contributed by atoms with Crippen LogP contribution in [0.5, 0.6) is 5.75 Å². The van der Waals surface area contributed by atoms with E-state index in [1.54, 1.807) is 29.8 Å². The summed E-state index contributed by atoms with van der Waals surface area (Å²) in [6.45, 7) is 5.38. The van der Waals surface area contributed by atoms with Crippen molar-refractivity contribution in [2.24, 2.45) is 5.41 Å². The molecular formula is C23H26F2N4O4S. The van der Waals surface area contributed by atoms with E-state index in [-0.39, 0.29) is 28.2 Å². The lowest BCUT2D eigenvalue weighted by atomic mass is 9.97. The molecule has 1 saturated heterocycles. The van der Waals surface area contributed by atoms with Gasteiger partial charge in [-0.05, 0) is 30.5 Å². The molecule has 0 aliphatic carbocycles. The molecule has 11 heteroatoms. The van der Waals surface area contributed by atoms with Gasteiger partial charge < -0.3 is 10.1 Å². The highest BCUT2D eigenvalue weighted by atomic mass is 32.2. The number of hydrogen-bond acceptors (Lipinski definition) is 6. The topological polar surface area (TPSA) is 103 Å². The van der Waals surface area contributed by atoms with E-state index < -0.39 is 27.9 Å². The second-order valence-corrected chi connectivity index (χ2v) is 12.2. The van der Waals surface area contributed by atoms with Crippen LogP contribution in [0.25, 0.3) is 22.3 Å². The van der Waals surface area contributed by atoms with Gasteiger partial charge >= 0.3 is 6.61 Å². The quantitative estimate of drug-likeness (QED) is 0.563. The number of nitrogens with zero attached hydrogens (tertiary/aromatic N) is 3. The van der Waals surface area contributed by atoms with Crippen LogP contribution >= 0.6 is 0 Å². The Kier molecular flexibility index (Phi) is 5.87. The van der Waals surface area contributed by atoms with Crippen LogP contribution in [0.2, 0.25) is 0 Å². The molecule has 1 N–H and O–H groups in total. The first-order chi connectivity index (χ1) is 15.7. The van der Waals surface area contributed by atoms with E-state index in [9.17, 15) is 22.0 Å². The zero-order valence-electron chi connectivity index (χ0n) is 19.3. The predicted octanol–water partition coefficient (Wildman–Crippen LogP) is 3.66. The predicted molar refractivity (Wildman–Crippen MR) is 124 cm³/mol. The standard InChI is InChI=1S/C23H26F2N4O4S/c1-22(2,3)11-29-17-9-15(20(30)27-23(4)12-34(31,32)13-23)10-26-19(17)18(28-29)14-6-5-7-16(8-14)33-21(24)25/h5-10,21H,11-13H2,1-4H3,(H,27,30). The van der Waals surface area contributed by atoms with E-state index in [1.807, 2.05) is 20.8 Å². The molecule has 2 aromatic heterocycles. The zero-order valence-corrected chi connectivity index (χ0v) is 20.1. The molecule has 1 amide bonds. The second kappa shape index (κ2) is 8.30. The molecule has 1 fully saturated rings. The average Bonchev–Trinajstić information content (AvgIpc) is 3.02. The Morgan fingerprint density at radius 2 is 1.97 bits per heavy atom. The summed E-state index contributed by atoms with van der Waals surface area (Å²) in [5.74, 6) is -0.635. The molecule has 182 valence electrons. The Hall–Kier alpha value is -3.08. The Balaban J connectivity index is 1.74. The van der Waals surface area contributed by atoms with Gasteiger partial charge in [0.05, 0.1) is 28.1 Å². The number of aromatic nitrogens is 3. The van der Waals surface area contributed by atoms with Crippen LogP contribution in [-0.2, 0) is 16.4 Å². The first kappa shape index (κ1) is 24.1. The number of pyridine rings is 1. The highest BCUT2D eigenvalue weighted by Gasteiger charge is 2.45. The van der Waals surface area contributed by atoms with Gasteiger partial charge in [0.2, 0.25) is 0 Å². The summed E-state index contributed by atoms with van der Waals surface area (Å²) in [6.07, 6.45) is 1.40. The lowest BCUT2D eigenvalue weighted by molar-refractivity contribution is -0.0498. The molecule has 0 saturated carbocycles. The first-order valence-corrected chi connectivity index (χ1v) is 12.5. The van der Waals surface area contributed by atoms with Crippen LogP contribution in [0, 0.1) is 5.41 Å². The number of carbonyl (C=O) groups is 1. The molecule has 1 aromatic carbocycles. The van der Waals surface area contributed by atoms with Gasteiger partial charge in [-0.3, -0.25) is 14.5 Å². The molecule has 3 heterocycles. The molecule has 0 bridgehead atoms. The Morgan fingerprint density at radius 3 is 2.59 bits per heavy atom. The van der Waals surface area contributed by atoms with Gasteiger partial charge in [-0.15, -0.1) is 0 Å². The van der Waals surface area contributed by atoms with E-state index in [2.05, 4.69) is 20.1 Å². The minimum absolute atomic E-state index is 0.00529. The highest BCUT2D eigenvalue weighted by Crippen LogP contribution is 2.32. The van der Waals surface area contributed by atoms with Crippen LogP contribution < -0.4 is 10.1 Å². The number of alkyl halides is 2. The Labute approximate surface area is 196 Å². The van der Waals surface area contributed by atoms with Gasteiger partial charge in [0.1, 0.15) is 17.0 Å². The summed E-state index contributed by atoms with van der Waals surface area (Å²) in [4.78, 5) is 17.3. The van der Waals surface area contributed by atoms with Gasteiger partial charge in [0.25, 0.3) is 5.91 Å². The maximum absolute atomic E-state index is 12.9. The van der Waals surface area contributed by atoms with Gasteiger partial charge in [-0.2, -0.15) is 13.9 Å². The summed E-state index contributed by atoms with van der Waals surface area (Å²) >= 11 is 0. The van der Waals surface area contributed by atoms with Crippen molar-refractivity contribution in [3.05, 3.63) is 42.1 Å². The number of halogens is 2. The summed E-state index contributed by atoms with van der Waals surface area (Å²) in [7, 11) is -3.12. The van der Waals surface area contributed by atoms with E-state index in [0.29, 0.717) is 28.8 Å². The molecule has 4 rings (SSSR count). The monoisotopic (exact) mass is 492 g/mol. The summed E-state index contributed by atoms with van der Waals surface area (Å²) < 4.78 is 54.8. The zero-order chi connectivity index (χ0) is 24.9. The molecule has 8 nitrogen and oxygen atoms in total. The summed E-state index contributed by atoms with van der Waals surface area (Å²) in [5.41, 5.74) is 1.44. The van der Waals surface area contributed by atoms with Gasteiger partial charge in [0, 0.05) is 18.3 Å². The SMILES string of the molecule is CC(C)(C)Cn1nc(-c2cccc(OC(F)F)c2)c2ncc(C(=O)NC3(C)CS(=O)(=O)C3)cc21. The molecule has 0 atom stereocenters. The van der Waals surface area contributed by atoms with Crippen LogP contribution in [-0.4, -0.2) is 52.7 Å². The largest absolute Gasteiger partial charge is 0.435 e. The van der Waals surface area contributed by atoms with Gasteiger partial charge in [0.15, 0.2) is 9.84 Å². The number of carbonyl (C=O) groups excluding carboxylic acids is 1. The van der Waals surface area contributed by atoms with Crippen LogP contribution in [0.1, 0.15) is 38.1 Å². The number of sulfone groups is 1. The smallest absolute Gasteiger partial charge is 0.387 e. The van der Waals surface area contributed by atoms with Gasteiger partial charge in [-0.1, -0.05) is 32.9 Å². The fourth-order valence-electron chi connectivity index (χ4n) is 4.11. The minimum Gasteiger partial charge on any atom is -0.435 e. The summed E-state index contributed by atoms with van der Waals surface area (Å²) in [6, 6.07) is 7.88. The highest BCUT2D eigenvalue weighted by molar-refractivity contribution is 7.93. The fourth-order valence-corrected chi connectivity index (χ4v) is 6.11.